The molecular formula is C14H9Cl2NO4. The summed E-state index contributed by atoms with van der Waals surface area (Å²) >= 11 is 11.6. The van der Waals surface area contributed by atoms with Gasteiger partial charge in [0.1, 0.15) is 11.3 Å². The number of nitrogens with one attached hydrogen (secondary N) is 1. The Balaban J connectivity index is 2.27. The third-order valence-corrected chi connectivity index (χ3v) is 3.05. The molecule has 0 saturated heterocycles. The summed E-state index contributed by atoms with van der Waals surface area (Å²) in [6.45, 7) is 0. The van der Waals surface area contributed by atoms with Crippen LogP contribution in [-0.2, 0) is 0 Å². The molecule has 7 heteroatoms. The highest BCUT2D eigenvalue weighted by Gasteiger charge is 2.13. The summed E-state index contributed by atoms with van der Waals surface area (Å²) in [5, 5.41) is 21.4. The first kappa shape index (κ1) is 15.2. The topological polar surface area (TPSA) is 86.6 Å². The van der Waals surface area contributed by atoms with Crippen molar-refractivity contribution in [2.75, 3.05) is 5.32 Å². The quantitative estimate of drug-likeness (QED) is 0.752. The molecule has 5 nitrogen and oxygen atoms in total. The predicted molar refractivity (Wildman–Crippen MR) is 79.5 cm³/mol. The summed E-state index contributed by atoms with van der Waals surface area (Å²) in [4.78, 5) is 23.0. The van der Waals surface area contributed by atoms with Crippen LogP contribution in [0.4, 0.5) is 5.69 Å². The van der Waals surface area contributed by atoms with Crippen LogP contribution in [0.15, 0.2) is 36.4 Å². The monoisotopic (exact) mass is 325 g/mol. The molecule has 0 fully saturated rings. The number of rotatable bonds is 3. The van der Waals surface area contributed by atoms with Crippen LogP contribution in [-0.4, -0.2) is 22.1 Å². The molecule has 0 saturated carbocycles. The summed E-state index contributed by atoms with van der Waals surface area (Å²) in [5.74, 6) is -2.18. The van der Waals surface area contributed by atoms with Crippen molar-refractivity contribution in [3.8, 4) is 5.75 Å². The lowest BCUT2D eigenvalue weighted by atomic mass is 10.1. The van der Waals surface area contributed by atoms with Gasteiger partial charge in [-0.3, -0.25) is 4.79 Å². The largest absolute Gasteiger partial charge is 0.507 e. The van der Waals surface area contributed by atoms with Gasteiger partial charge in [-0.15, -0.1) is 0 Å². The number of benzene rings is 2. The average molecular weight is 326 g/mol. The number of phenols is 1. The van der Waals surface area contributed by atoms with Crippen molar-refractivity contribution >= 4 is 40.8 Å². The van der Waals surface area contributed by atoms with Gasteiger partial charge in [0.2, 0.25) is 0 Å². The van der Waals surface area contributed by atoms with E-state index in [9.17, 15) is 14.7 Å². The molecule has 0 aliphatic rings. The van der Waals surface area contributed by atoms with Gasteiger partial charge in [-0.25, -0.2) is 4.79 Å². The van der Waals surface area contributed by atoms with E-state index in [1.807, 2.05) is 0 Å². The predicted octanol–water partition coefficient (Wildman–Crippen LogP) is 3.65. The fourth-order valence-corrected chi connectivity index (χ4v) is 2.20. The van der Waals surface area contributed by atoms with Gasteiger partial charge in [0.05, 0.1) is 0 Å². The second-order valence-electron chi connectivity index (χ2n) is 4.15. The van der Waals surface area contributed by atoms with Gasteiger partial charge < -0.3 is 15.5 Å². The van der Waals surface area contributed by atoms with E-state index in [2.05, 4.69) is 5.32 Å². The van der Waals surface area contributed by atoms with Gasteiger partial charge in [0, 0.05) is 21.3 Å². The number of hydrogen-bond acceptors (Lipinski definition) is 3. The number of anilines is 1. The molecule has 2 rings (SSSR count). The number of carboxylic acid groups (broad SMARTS) is 1. The maximum Gasteiger partial charge on any atom is 0.339 e. The fourth-order valence-electron chi connectivity index (χ4n) is 1.67. The van der Waals surface area contributed by atoms with E-state index in [1.54, 1.807) is 0 Å². The maximum absolute atomic E-state index is 12.0. The standard InChI is InChI=1S/C14H9Cl2NO4/c15-8-3-7(4-9(16)5-8)13(19)17-10-1-2-12(18)11(6-10)14(20)21/h1-6,18H,(H,17,19)(H,20,21). The maximum atomic E-state index is 12.0. The summed E-state index contributed by atoms with van der Waals surface area (Å²) in [6, 6.07) is 8.07. The van der Waals surface area contributed by atoms with Crippen molar-refractivity contribution in [2.45, 2.75) is 0 Å². The first-order chi connectivity index (χ1) is 9.86. The minimum Gasteiger partial charge on any atom is -0.507 e. The van der Waals surface area contributed by atoms with Gasteiger partial charge in [-0.05, 0) is 36.4 Å². The molecule has 0 spiro atoms. The molecule has 3 N–H and O–H groups in total. The molecule has 0 aromatic heterocycles. The summed E-state index contributed by atoms with van der Waals surface area (Å²) in [7, 11) is 0. The van der Waals surface area contributed by atoms with Crippen molar-refractivity contribution < 1.29 is 19.8 Å². The first-order valence-electron chi connectivity index (χ1n) is 5.70. The number of carbonyl (C=O) groups is 2. The number of carboxylic acids is 1. The Morgan fingerprint density at radius 1 is 1.00 bits per heavy atom. The van der Waals surface area contributed by atoms with Gasteiger partial charge in [0.25, 0.3) is 5.91 Å². The molecule has 108 valence electrons. The van der Waals surface area contributed by atoms with E-state index in [0.29, 0.717) is 10.0 Å². The lowest BCUT2D eigenvalue weighted by molar-refractivity contribution is 0.0693. The Hall–Kier alpha value is -2.24. The Morgan fingerprint density at radius 2 is 1.62 bits per heavy atom. The van der Waals surface area contributed by atoms with Crippen LogP contribution in [0.1, 0.15) is 20.7 Å². The smallest absolute Gasteiger partial charge is 0.339 e. The Bertz CT molecular complexity index is 711. The van der Waals surface area contributed by atoms with Gasteiger partial charge in [-0.1, -0.05) is 23.2 Å². The van der Waals surface area contributed by atoms with Crippen molar-refractivity contribution in [3.05, 3.63) is 57.6 Å². The van der Waals surface area contributed by atoms with E-state index in [4.69, 9.17) is 28.3 Å². The molecule has 0 radical (unpaired) electrons. The van der Waals surface area contributed by atoms with E-state index < -0.39 is 11.9 Å². The Morgan fingerprint density at radius 3 is 2.19 bits per heavy atom. The number of aromatic hydroxyl groups is 1. The van der Waals surface area contributed by atoms with Crippen LogP contribution < -0.4 is 5.32 Å². The minimum absolute atomic E-state index is 0.228. The molecule has 0 heterocycles. The molecular weight excluding hydrogens is 317 g/mol. The highest BCUT2D eigenvalue weighted by atomic mass is 35.5. The van der Waals surface area contributed by atoms with Gasteiger partial charge in [0.15, 0.2) is 0 Å². The second kappa shape index (κ2) is 6.03. The van der Waals surface area contributed by atoms with Crippen LogP contribution in [0.2, 0.25) is 10.0 Å². The third kappa shape index (κ3) is 3.65. The van der Waals surface area contributed by atoms with Crippen LogP contribution in [0.5, 0.6) is 5.75 Å². The number of hydrogen-bond donors (Lipinski definition) is 3. The first-order valence-corrected chi connectivity index (χ1v) is 6.46. The van der Waals surface area contributed by atoms with Crippen molar-refractivity contribution in [2.24, 2.45) is 0 Å². The van der Waals surface area contributed by atoms with E-state index >= 15 is 0 Å². The lowest BCUT2D eigenvalue weighted by Gasteiger charge is -2.08. The van der Waals surface area contributed by atoms with Gasteiger partial charge in [-0.2, -0.15) is 0 Å². The summed E-state index contributed by atoms with van der Waals surface area (Å²) < 4.78 is 0. The molecule has 2 aromatic rings. The second-order valence-corrected chi connectivity index (χ2v) is 5.02. The molecule has 0 unspecified atom stereocenters. The number of aromatic carboxylic acids is 1. The zero-order chi connectivity index (χ0) is 15.6. The highest BCUT2D eigenvalue weighted by Crippen LogP contribution is 2.23. The van der Waals surface area contributed by atoms with Gasteiger partial charge >= 0.3 is 5.97 Å². The van der Waals surface area contributed by atoms with Crippen LogP contribution >= 0.6 is 23.2 Å². The Kier molecular flexibility index (Phi) is 4.35. The summed E-state index contributed by atoms with van der Waals surface area (Å²) in [5.41, 5.74) is 0.153. The highest BCUT2D eigenvalue weighted by molar-refractivity contribution is 6.35. The van der Waals surface area contributed by atoms with Crippen molar-refractivity contribution in [1.29, 1.82) is 0 Å². The number of halogens is 2. The normalized spacial score (nSPS) is 10.2. The molecule has 1 amide bonds. The molecule has 0 bridgehead atoms. The molecule has 0 aliphatic heterocycles. The van der Waals surface area contributed by atoms with Crippen molar-refractivity contribution in [3.63, 3.8) is 0 Å². The third-order valence-electron chi connectivity index (χ3n) is 2.61. The van der Waals surface area contributed by atoms with E-state index in [0.717, 1.165) is 6.07 Å². The number of carbonyl (C=O) groups excluding carboxylic acids is 1. The van der Waals surface area contributed by atoms with E-state index in [-0.39, 0.29) is 22.6 Å². The minimum atomic E-state index is -1.30. The molecule has 0 aliphatic carbocycles. The molecule has 21 heavy (non-hydrogen) atoms. The Labute approximate surface area is 129 Å². The summed E-state index contributed by atoms with van der Waals surface area (Å²) in [6.07, 6.45) is 0. The lowest BCUT2D eigenvalue weighted by Crippen LogP contribution is -2.12. The number of amides is 1. The van der Waals surface area contributed by atoms with Crippen LogP contribution in [0.3, 0.4) is 0 Å². The van der Waals surface area contributed by atoms with Crippen molar-refractivity contribution in [1.82, 2.24) is 0 Å². The zero-order valence-corrected chi connectivity index (χ0v) is 11.9. The van der Waals surface area contributed by atoms with Crippen LogP contribution in [0.25, 0.3) is 0 Å². The fraction of sp³-hybridized carbons (Fsp3) is 0. The molecule has 2 aromatic carbocycles. The SMILES string of the molecule is O=C(Nc1ccc(O)c(C(=O)O)c1)c1cc(Cl)cc(Cl)c1. The van der Waals surface area contributed by atoms with Crippen LogP contribution in [0, 0.1) is 0 Å². The zero-order valence-electron chi connectivity index (χ0n) is 10.4. The molecule has 0 atom stereocenters. The average Bonchev–Trinajstić information content (AvgIpc) is 2.39. The van der Waals surface area contributed by atoms with E-state index in [1.165, 1.54) is 30.3 Å².